The van der Waals surface area contributed by atoms with Gasteiger partial charge in [-0.25, -0.2) is 4.98 Å². The summed E-state index contributed by atoms with van der Waals surface area (Å²) in [6.07, 6.45) is 7.74. The van der Waals surface area contributed by atoms with Gasteiger partial charge in [0.1, 0.15) is 0 Å². The van der Waals surface area contributed by atoms with Gasteiger partial charge in [0.25, 0.3) is 5.91 Å². The molecule has 0 aliphatic carbocycles. The van der Waals surface area contributed by atoms with E-state index in [-0.39, 0.29) is 5.91 Å². The first-order valence-electron chi connectivity index (χ1n) is 6.08. The van der Waals surface area contributed by atoms with Gasteiger partial charge in [0.05, 0.1) is 10.2 Å². The second-order valence-corrected chi connectivity index (χ2v) is 5.21. The van der Waals surface area contributed by atoms with Crippen LogP contribution in [0.3, 0.4) is 0 Å². The molecule has 3 N–H and O–H groups in total. The van der Waals surface area contributed by atoms with Gasteiger partial charge in [-0.2, -0.15) is 0 Å². The van der Waals surface area contributed by atoms with Crippen LogP contribution in [0.25, 0.3) is 10.2 Å². The van der Waals surface area contributed by atoms with Crippen molar-refractivity contribution in [3.05, 3.63) is 23.8 Å². The van der Waals surface area contributed by atoms with Crippen molar-refractivity contribution in [2.24, 2.45) is 0 Å². The van der Waals surface area contributed by atoms with E-state index in [9.17, 15) is 4.79 Å². The quantitative estimate of drug-likeness (QED) is 0.649. The average Bonchev–Trinajstić information content (AvgIpc) is 2.77. The fourth-order valence-electron chi connectivity index (χ4n) is 1.74. The molecule has 98 valence electrons. The molecule has 2 rings (SSSR count). The highest BCUT2D eigenvalue weighted by molar-refractivity contribution is 7.22. The van der Waals surface area contributed by atoms with Gasteiger partial charge in [-0.3, -0.25) is 4.79 Å². The highest BCUT2D eigenvalue weighted by atomic mass is 32.1. The number of benzene rings is 1. The number of anilines is 1. The van der Waals surface area contributed by atoms with Crippen LogP contribution in [0.2, 0.25) is 0 Å². The molecule has 0 spiro atoms. The monoisotopic (exact) mass is 273 g/mol. The molecule has 5 heteroatoms. The van der Waals surface area contributed by atoms with Gasteiger partial charge in [-0.05, 0) is 31.0 Å². The summed E-state index contributed by atoms with van der Waals surface area (Å²) < 4.78 is 0.928. The van der Waals surface area contributed by atoms with Crippen molar-refractivity contribution in [1.82, 2.24) is 10.3 Å². The number of terminal acetylenes is 1. The largest absolute Gasteiger partial charge is 0.375 e. The van der Waals surface area contributed by atoms with E-state index >= 15 is 0 Å². The fraction of sp³-hybridized carbons (Fsp3) is 0.286. The molecule has 1 heterocycles. The zero-order valence-corrected chi connectivity index (χ0v) is 11.3. The van der Waals surface area contributed by atoms with Crippen LogP contribution < -0.4 is 11.1 Å². The van der Waals surface area contributed by atoms with Crippen molar-refractivity contribution >= 4 is 32.6 Å². The number of amides is 1. The number of nitrogens with one attached hydrogen (secondary N) is 1. The van der Waals surface area contributed by atoms with Crippen molar-refractivity contribution in [1.29, 1.82) is 0 Å². The highest BCUT2D eigenvalue weighted by Crippen LogP contribution is 2.24. The van der Waals surface area contributed by atoms with Gasteiger partial charge in [0, 0.05) is 18.5 Å². The number of fused-ring (bicyclic) bond motifs is 1. The van der Waals surface area contributed by atoms with E-state index in [2.05, 4.69) is 16.2 Å². The Bertz CT molecular complexity index is 627. The summed E-state index contributed by atoms with van der Waals surface area (Å²) in [6.45, 7) is 0.642. The van der Waals surface area contributed by atoms with Gasteiger partial charge >= 0.3 is 0 Å². The van der Waals surface area contributed by atoms with Crippen LogP contribution in [0.1, 0.15) is 29.6 Å². The Morgan fingerprint density at radius 2 is 2.32 bits per heavy atom. The van der Waals surface area contributed by atoms with Crippen LogP contribution in [0.4, 0.5) is 5.13 Å². The number of hydrogen-bond acceptors (Lipinski definition) is 4. The van der Waals surface area contributed by atoms with Crippen LogP contribution in [0.15, 0.2) is 18.2 Å². The Labute approximate surface area is 116 Å². The number of rotatable bonds is 5. The van der Waals surface area contributed by atoms with E-state index in [0.29, 0.717) is 17.2 Å². The number of aromatic nitrogens is 1. The maximum absolute atomic E-state index is 11.9. The van der Waals surface area contributed by atoms with Crippen LogP contribution in [0.5, 0.6) is 0 Å². The maximum atomic E-state index is 11.9. The Morgan fingerprint density at radius 1 is 1.47 bits per heavy atom. The number of nitrogens with two attached hydrogens (primary N) is 1. The lowest BCUT2D eigenvalue weighted by Crippen LogP contribution is -2.24. The second-order valence-electron chi connectivity index (χ2n) is 4.15. The SMILES string of the molecule is C#CCCCCNC(=O)c1ccc2nc(N)sc2c1. The van der Waals surface area contributed by atoms with Crippen LogP contribution in [-0.4, -0.2) is 17.4 Å². The van der Waals surface area contributed by atoms with E-state index in [1.807, 2.05) is 12.1 Å². The third kappa shape index (κ3) is 3.46. The van der Waals surface area contributed by atoms with Gasteiger partial charge in [0.15, 0.2) is 5.13 Å². The number of carbonyl (C=O) groups is 1. The molecule has 4 nitrogen and oxygen atoms in total. The minimum atomic E-state index is -0.0745. The summed E-state index contributed by atoms with van der Waals surface area (Å²) in [4.78, 5) is 16.1. The standard InChI is InChI=1S/C14H15N3OS/c1-2-3-4-5-8-16-13(18)10-6-7-11-12(9-10)19-14(15)17-11/h1,6-7,9H,3-5,8H2,(H2,15,17)(H,16,18). The third-order valence-electron chi connectivity index (χ3n) is 2.70. The first-order valence-corrected chi connectivity index (χ1v) is 6.90. The second kappa shape index (κ2) is 6.21. The molecule has 0 radical (unpaired) electrons. The molecular weight excluding hydrogens is 258 g/mol. The van der Waals surface area contributed by atoms with Crippen molar-refractivity contribution in [2.45, 2.75) is 19.3 Å². The number of nitrogens with zero attached hydrogens (tertiary/aromatic N) is 1. The first kappa shape index (κ1) is 13.4. The number of unbranched alkanes of at least 4 members (excludes halogenated alkanes) is 2. The van der Waals surface area contributed by atoms with Crippen LogP contribution >= 0.6 is 11.3 Å². The number of thiazole rings is 1. The van der Waals surface area contributed by atoms with Crippen molar-refractivity contribution < 1.29 is 4.79 Å². The zero-order chi connectivity index (χ0) is 13.7. The summed E-state index contributed by atoms with van der Waals surface area (Å²) >= 11 is 1.38. The van der Waals surface area contributed by atoms with Gasteiger partial charge in [0.2, 0.25) is 0 Å². The van der Waals surface area contributed by atoms with E-state index < -0.39 is 0 Å². The minimum Gasteiger partial charge on any atom is -0.375 e. The fourth-order valence-corrected chi connectivity index (χ4v) is 2.51. The normalized spacial score (nSPS) is 10.3. The highest BCUT2D eigenvalue weighted by Gasteiger charge is 2.08. The molecular formula is C14H15N3OS. The van der Waals surface area contributed by atoms with E-state index in [1.54, 1.807) is 6.07 Å². The molecule has 0 atom stereocenters. The molecule has 0 saturated carbocycles. The zero-order valence-electron chi connectivity index (χ0n) is 10.5. The molecule has 0 fully saturated rings. The Morgan fingerprint density at radius 3 is 3.11 bits per heavy atom. The lowest BCUT2D eigenvalue weighted by molar-refractivity contribution is 0.0953. The van der Waals surface area contributed by atoms with Crippen molar-refractivity contribution in [2.75, 3.05) is 12.3 Å². The number of hydrogen-bond donors (Lipinski definition) is 2. The lowest BCUT2D eigenvalue weighted by atomic mass is 10.2. The lowest BCUT2D eigenvalue weighted by Gasteiger charge is -2.04. The summed E-state index contributed by atoms with van der Waals surface area (Å²) in [5, 5.41) is 3.39. The number of nitrogen functional groups attached to an aromatic ring is 1. The summed E-state index contributed by atoms with van der Waals surface area (Å²) in [7, 11) is 0. The van der Waals surface area contributed by atoms with Crippen molar-refractivity contribution in [3.8, 4) is 12.3 Å². The molecule has 0 aliphatic rings. The summed E-state index contributed by atoms with van der Waals surface area (Å²) in [5.74, 6) is 2.51. The smallest absolute Gasteiger partial charge is 0.251 e. The van der Waals surface area contributed by atoms with Crippen LogP contribution in [-0.2, 0) is 0 Å². The van der Waals surface area contributed by atoms with E-state index in [1.165, 1.54) is 11.3 Å². The van der Waals surface area contributed by atoms with Gasteiger partial charge in [-0.15, -0.1) is 12.3 Å². The summed E-state index contributed by atoms with van der Waals surface area (Å²) in [5.41, 5.74) is 7.09. The molecule has 19 heavy (non-hydrogen) atoms. The predicted octanol–water partition coefficient (Wildman–Crippen LogP) is 2.41. The molecule has 1 aromatic carbocycles. The first-order chi connectivity index (χ1) is 9.20. The molecule has 0 aliphatic heterocycles. The van der Waals surface area contributed by atoms with E-state index in [4.69, 9.17) is 12.2 Å². The maximum Gasteiger partial charge on any atom is 0.251 e. The van der Waals surface area contributed by atoms with Gasteiger partial charge in [-0.1, -0.05) is 11.3 Å². The minimum absolute atomic E-state index is 0.0745. The predicted molar refractivity (Wildman–Crippen MR) is 79.0 cm³/mol. The van der Waals surface area contributed by atoms with E-state index in [0.717, 1.165) is 29.5 Å². The summed E-state index contributed by atoms with van der Waals surface area (Å²) in [6, 6.07) is 5.40. The van der Waals surface area contributed by atoms with Crippen LogP contribution in [0, 0.1) is 12.3 Å². The molecule has 0 bridgehead atoms. The Balaban J connectivity index is 1.95. The molecule has 2 aromatic rings. The topological polar surface area (TPSA) is 68.0 Å². The third-order valence-corrected chi connectivity index (χ3v) is 3.55. The Kier molecular flexibility index (Phi) is 4.37. The van der Waals surface area contributed by atoms with Crippen molar-refractivity contribution in [3.63, 3.8) is 0 Å². The van der Waals surface area contributed by atoms with Gasteiger partial charge < -0.3 is 11.1 Å². The number of carbonyl (C=O) groups excluding carboxylic acids is 1. The molecule has 1 aromatic heterocycles. The molecule has 0 saturated heterocycles. The molecule has 1 amide bonds. The molecule has 0 unspecified atom stereocenters. The Hall–Kier alpha value is -2.06. The average molecular weight is 273 g/mol.